The van der Waals surface area contributed by atoms with Gasteiger partial charge in [-0.2, -0.15) is 0 Å². The summed E-state index contributed by atoms with van der Waals surface area (Å²) in [5, 5.41) is 2.76. The zero-order valence-electron chi connectivity index (χ0n) is 21.7. The minimum absolute atomic E-state index is 0.0513. The summed E-state index contributed by atoms with van der Waals surface area (Å²) in [6, 6.07) is 8.52. The van der Waals surface area contributed by atoms with E-state index in [-0.39, 0.29) is 40.3 Å². The van der Waals surface area contributed by atoms with Gasteiger partial charge in [0.15, 0.2) is 5.78 Å². The molecule has 2 aliphatic rings. The van der Waals surface area contributed by atoms with Crippen LogP contribution >= 0.6 is 11.3 Å². The molecule has 35 heavy (non-hydrogen) atoms. The quantitative estimate of drug-likeness (QED) is 0.491. The zero-order valence-corrected chi connectivity index (χ0v) is 22.5. The second-order valence-corrected chi connectivity index (χ2v) is 11.9. The molecule has 1 aromatic heterocycles. The second kappa shape index (κ2) is 9.49. The summed E-state index contributed by atoms with van der Waals surface area (Å²) in [6.07, 6.45) is 1.72. The molecule has 0 radical (unpaired) electrons. The van der Waals surface area contributed by atoms with E-state index in [9.17, 15) is 14.4 Å². The first kappa shape index (κ1) is 25.5. The number of nitrogens with zero attached hydrogens (tertiary/aromatic N) is 3. The number of likely N-dealkylation sites (N-methyl/N-ethyl adjacent to an activating group) is 1. The molecule has 0 N–H and O–H groups in total. The number of thiazole rings is 1. The average Bonchev–Trinajstić information content (AvgIpc) is 3.17. The van der Waals surface area contributed by atoms with Crippen LogP contribution in [-0.2, 0) is 4.79 Å². The molecule has 2 amide bonds. The monoisotopic (exact) mass is 495 g/mol. The van der Waals surface area contributed by atoms with Crippen LogP contribution in [0.5, 0.6) is 0 Å². The number of rotatable bonds is 7. The number of likely N-dealkylation sites (tertiary alicyclic amines) is 1. The molecule has 1 saturated carbocycles. The number of amides is 2. The SMILES string of the molecule is CCN(C(=O)c1csc(C2CCN(C(=O)C3C(C)(C)C3(C)C)CC2)n1)C(C)C(=O)c1ccccc1. The van der Waals surface area contributed by atoms with Crippen LogP contribution in [0.25, 0.3) is 0 Å². The highest BCUT2D eigenvalue weighted by Gasteiger charge is 2.68. The van der Waals surface area contributed by atoms with Gasteiger partial charge in [-0.05, 0) is 37.5 Å². The standard InChI is InChI=1S/C28H37N3O3S/c1-7-31(18(2)22(32)19-11-9-8-10-12-19)25(33)21-17-35-24(29-21)20-13-15-30(16-14-20)26(34)23-27(3,4)28(23,5)6/h8-12,17-18,20,23H,7,13-16H2,1-6H3. The maximum absolute atomic E-state index is 13.3. The number of ketones is 1. The molecular formula is C28H37N3O3S. The Labute approximate surface area is 212 Å². The molecule has 1 aliphatic heterocycles. The zero-order chi connectivity index (χ0) is 25.5. The second-order valence-electron chi connectivity index (χ2n) is 11.0. The van der Waals surface area contributed by atoms with Crippen LogP contribution in [0.15, 0.2) is 35.7 Å². The molecule has 4 rings (SSSR count). The van der Waals surface area contributed by atoms with E-state index in [1.165, 1.54) is 11.3 Å². The summed E-state index contributed by atoms with van der Waals surface area (Å²) in [6.45, 7) is 14.3. The van der Waals surface area contributed by atoms with E-state index >= 15 is 0 Å². The molecule has 0 spiro atoms. The van der Waals surface area contributed by atoms with E-state index < -0.39 is 6.04 Å². The molecule has 1 aromatic carbocycles. The number of aromatic nitrogens is 1. The summed E-state index contributed by atoms with van der Waals surface area (Å²) in [5.41, 5.74) is 1.11. The number of hydrogen-bond donors (Lipinski definition) is 0. The van der Waals surface area contributed by atoms with Crippen molar-refractivity contribution in [2.45, 2.75) is 66.3 Å². The first-order chi connectivity index (χ1) is 16.5. The van der Waals surface area contributed by atoms with Gasteiger partial charge in [-0.15, -0.1) is 11.3 Å². The molecule has 2 fully saturated rings. The van der Waals surface area contributed by atoms with Gasteiger partial charge in [-0.3, -0.25) is 14.4 Å². The predicted molar refractivity (Wildman–Crippen MR) is 139 cm³/mol. The van der Waals surface area contributed by atoms with Crippen LogP contribution in [-0.4, -0.2) is 58.1 Å². The normalized spacial score (nSPS) is 20.3. The molecule has 1 saturated heterocycles. The topological polar surface area (TPSA) is 70.6 Å². The number of hydrogen-bond acceptors (Lipinski definition) is 5. The van der Waals surface area contributed by atoms with Crippen LogP contribution < -0.4 is 0 Å². The van der Waals surface area contributed by atoms with Crippen LogP contribution in [0.4, 0.5) is 0 Å². The van der Waals surface area contributed by atoms with Gasteiger partial charge < -0.3 is 9.80 Å². The van der Waals surface area contributed by atoms with Gasteiger partial charge in [0.25, 0.3) is 5.91 Å². The van der Waals surface area contributed by atoms with Crippen molar-refractivity contribution in [1.82, 2.24) is 14.8 Å². The first-order valence-electron chi connectivity index (χ1n) is 12.6. The molecular weight excluding hydrogens is 458 g/mol. The molecule has 1 atom stereocenters. The van der Waals surface area contributed by atoms with Crippen molar-refractivity contribution in [2.24, 2.45) is 16.7 Å². The smallest absolute Gasteiger partial charge is 0.273 e. The van der Waals surface area contributed by atoms with Crippen molar-refractivity contribution < 1.29 is 14.4 Å². The molecule has 0 bridgehead atoms. The highest BCUT2D eigenvalue weighted by Crippen LogP contribution is 2.68. The van der Waals surface area contributed by atoms with Crippen molar-refractivity contribution >= 4 is 28.9 Å². The Morgan fingerprint density at radius 1 is 1.09 bits per heavy atom. The summed E-state index contributed by atoms with van der Waals surface area (Å²) in [7, 11) is 0. The van der Waals surface area contributed by atoms with E-state index in [2.05, 4.69) is 27.7 Å². The minimum Gasteiger partial charge on any atom is -0.342 e. The number of Topliss-reactive ketones (excluding diaryl/α,β-unsaturated/α-hetero) is 1. The van der Waals surface area contributed by atoms with Crippen LogP contribution in [0.1, 0.15) is 86.2 Å². The van der Waals surface area contributed by atoms with Gasteiger partial charge >= 0.3 is 0 Å². The fourth-order valence-corrected chi connectivity index (χ4v) is 6.61. The number of piperidine rings is 1. The molecule has 7 heteroatoms. The van der Waals surface area contributed by atoms with E-state index in [1.807, 2.05) is 35.4 Å². The van der Waals surface area contributed by atoms with Gasteiger partial charge in [0, 0.05) is 42.4 Å². The fourth-order valence-electron chi connectivity index (χ4n) is 5.64. The Morgan fingerprint density at radius 2 is 1.69 bits per heavy atom. The van der Waals surface area contributed by atoms with Crippen LogP contribution in [0, 0.1) is 16.7 Å². The molecule has 2 heterocycles. The van der Waals surface area contributed by atoms with Gasteiger partial charge in [-0.1, -0.05) is 58.0 Å². The van der Waals surface area contributed by atoms with Gasteiger partial charge in [0.2, 0.25) is 5.91 Å². The van der Waals surface area contributed by atoms with Gasteiger partial charge in [-0.25, -0.2) is 4.98 Å². The summed E-state index contributed by atoms with van der Waals surface area (Å²) in [5.74, 6) is 0.345. The fraction of sp³-hybridized carbons (Fsp3) is 0.571. The third-order valence-corrected chi connectivity index (χ3v) is 9.68. The molecule has 1 aliphatic carbocycles. The summed E-state index contributed by atoms with van der Waals surface area (Å²) in [4.78, 5) is 47.6. The Hall–Kier alpha value is -2.54. The maximum atomic E-state index is 13.3. The predicted octanol–water partition coefficient (Wildman–Crippen LogP) is 5.26. The summed E-state index contributed by atoms with van der Waals surface area (Å²) >= 11 is 1.51. The van der Waals surface area contributed by atoms with E-state index in [4.69, 9.17) is 4.98 Å². The lowest BCUT2D eigenvalue weighted by Crippen LogP contribution is -2.43. The summed E-state index contributed by atoms with van der Waals surface area (Å²) < 4.78 is 0. The highest BCUT2D eigenvalue weighted by molar-refractivity contribution is 7.09. The largest absolute Gasteiger partial charge is 0.342 e. The van der Waals surface area contributed by atoms with Crippen molar-refractivity contribution in [1.29, 1.82) is 0 Å². The molecule has 6 nitrogen and oxygen atoms in total. The van der Waals surface area contributed by atoms with Crippen LogP contribution in [0.2, 0.25) is 0 Å². The van der Waals surface area contributed by atoms with E-state index in [1.54, 1.807) is 24.0 Å². The third kappa shape index (κ3) is 4.55. The third-order valence-electron chi connectivity index (χ3n) is 8.67. The van der Waals surface area contributed by atoms with Crippen molar-refractivity contribution in [3.63, 3.8) is 0 Å². The number of carbonyl (C=O) groups is 3. The Bertz CT molecular complexity index is 1090. The van der Waals surface area contributed by atoms with Gasteiger partial charge in [0.05, 0.1) is 11.0 Å². The highest BCUT2D eigenvalue weighted by atomic mass is 32.1. The Balaban J connectivity index is 1.38. The number of carbonyl (C=O) groups excluding carboxylic acids is 3. The van der Waals surface area contributed by atoms with Crippen molar-refractivity contribution in [3.8, 4) is 0 Å². The molecule has 1 unspecified atom stereocenters. The first-order valence-corrected chi connectivity index (χ1v) is 13.5. The van der Waals surface area contributed by atoms with Crippen molar-refractivity contribution in [3.05, 3.63) is 52.0 Å². The Morgan fingerprint density at radius 3 is 2.23 bits per heavy atom. The molecule has 2 aromatic rings. The van der Waals surface area contributed by atoms with E-state index in [0.717, 1.165) is 30.9 Å². The van der Waals surface area contributed by atoms with Gasteiger partial charge in [0.1, 0.15) is 5.69 Å². The number of benzene rings is 1. The lowest BCUT2D eigenvalue weighted by Gasteiger charge is -2.32. The van der Waals surface area contributed by atoms with Crippen molar-refractivity contribution in [2.75, 3.05) is 19.6 Å². The molecule has 188 valence electrons. The lowest BCUT2D eigenvalue weighted by atomic mass is 9.96. The van der Waals surface area contributed by atoms with Crippen LogP contribution in [0.3, 0.4) is 0 Å². The minimum atomic E-state index is -0.565. The van der Waals surface area contributed by atoms with E-state index in [0.29, 0.717) is 17.8 Å². The maximum Gasteiger partial charge on any atom is 0.273 e. The lowest BCUT2D eigenvalue weighted by molar-refractivity contribution is -0.134. The Kier molecular flexibility index (Phi) is 6.93. The average molecular weight is 496 g/mol.